The lowest BCUT2D eigenvalue weighted by atomic mass is 9.96. The number of hydrogen-bond acceptors (Lipinski definition) is 7. The predicted octanol–water partition coefficient (Wildman–Crippen LogP) is -2.45. The zero-order valence-corrected chi connectivity index (χ0v) is 6.70. The van der Waals surface area contributed by atoms with Gasteiger partial charge in [-0.05, 0) is 0 Å². The van der Waals surface area contributed by atoms with Crippen molar-refractivity contribution >= 4 is 0 Å². The highest BCUT2D eigenvalue weighted by molar-refractivity contribution is 4.94. The molecule has 0 aromatic carbocycles. The molecule has 0 aliphatic carbocycles. The van der Waals surface area contributed by atoms with E-state index in [4.69, 9.17) is 5.11 Å². The molecular formula is C6H11NO6. The van der Waals surface area contributed by atoms with Crippen LogP contribution in [0.15, 0.2) is 5.18 Å². The maximum Gasteiger partial charge on any atom is 0.218 e. The van der Waals surface area contributed by atoms with E-state index in [1.54, 1.807) is 0 Å². The molecule has 13 heavy (non-hydrogen) atoms. The van der Waals surface area contributed by atoms with Crippen molar-refractivity contribution in [1.82, 2.24) is 0 Å². The fourth-order valence-corrected chi connectivity index (χ4v) is 1.12. The van der Waals surface area contributed by atoms with E-state index < -0.39 is 30.6 Å². The molecule has 0 bridgehead atoms. The van der Waals surface area contributed by atoms with Crippen LogP contribution in [0.3, 0.4) is 0 Å². The fourth-order valence-electron chi connectivity index (χ4n) is 1.12. The molecule has 1 aliphatic rings. The van der Waals surface area contributed by atoms with Crippen molar-refractivity contribution < 1.29 is 25.2 Å². The van der Waals surface area contributed by atoms with Crippen molar-refractivity contribution in [3.63, 3.8) is 0 Å². The van der Waals surface area contributed by atoms with Gasteiger partial charge in [0.15, 0.2) is 0 Å². The largest absolute Gasteiger partial charge is 0.391 e. The Labute approximate surface area is 73.5 Å². The summed E-state index contributed by atoms with van der Waals surface area (Å²) in [7, 11) is 0. The number of nitroso groups, excluding NO2 is 1. The summed E-state index contributed by atoms with van der Waals surface area (Å²) >= 11 is 0. The molecule has 1 fully saturated rings. The lowest BCUT2D eigenvalue weighted by Crippen LogP contribution is -2.62. The molecule has 76 valence electrons. The molecule has 0 aromatic heterocycles. The molecular weight excluding hydrogens is 182 g/mol. The Bertz CT molecular complexity index is 200. The Morgan fingerprint density at radius 2 is 2.15 bits per heavy atom. The van der Waals surface area contributed by atoms with Gasteiger partial charge in [0.2, 0.25) is 5.79 Å². The molecule has 1 aliphatic heterocycles. The van der Waals surface area contributed by atoms with Gasteiger partial charge in [0, 0.05) is 0 Å². The van der Waals surface area contributed by atoms with Crippen LogP contribution in [-0.2, 0) is 4.74 Å². The van der Waals surface area contributed by atoms with Crippen LogP contribution < -0.4 is 0 Å². The van der Waals surface area contributed by atoms with E-state index in [0.717, 1.165) is 0 Å². The van der Waals surface area contributed by atoms with Gasteiger partial charge in [-0.2, -0.15) is 4.91 Å². The topological polar surface area (TPSA) is 120 Å². The lowest BCUT2D eigenvalue weighted by molar-refractivity contribution is -0.315. The molecule has 7 heteroatoms. The van der Waals surface area contributed by atoms with Crippen molar-refractivity contribution in [3.05, 3.63) is 4.91 Å². The first-order valence-electron chi connectivity index (χ1n) is 3.71. The number of nitrogens with zero attached hydrogens (tertiary/aromatic N) is 1. The molecule has 0 saturated carbocycles. The van der Waals surface area contributed by atoms with Gasteiger partial charge in [0.25, 0.3) is 0 Å². The van der Waals surface area contributed by atoms with E-state index in [1.165, 1.54) is 0 Å². The normalized spacial score (nSPS) is 46.0. The maximum absolute atomic E-state index is 10.1. The predicted molar refractivity (Wildman–Crippen MR) is 39.6 cm³/mol. The molecule has 0 amide bonds. The Morgan fingerprint density at radius 1 is 1.54 bits per heavy atom. The summed E-state index contributed by atoms with van der Waals surface area (Å²) in [5.41, 5.74) is 0. The molecule has 7 nitrogen and oxygen atoms in total. The van der Waals surface area contributed by atoms with Gasteiger partial charge in [-0.25, -0.2) is 0 Å². The van der Waals surface area contributed by atoms with Crippen LogP contribution in [0.1, 0.15) is 0 Å². The summed E-state index contributed by atoms with van der Waals surface area (Å²) in [6.45, 7) is -1.20. The second kappa shape index (κ2) is 3.64. The summed E-state index contributed by atoms with van der Waals surface area (Å²) in [5.74, 6) is -2.21. The summed E-state index contributed by atoms with van der Waals surface area (Å²) < 4.78 is 4.60. The summed E-state index contributed by atoms with van der Waals surface area (Å²) in [6, 6.07) is -1.12. The van der Waals surface area contributed by atoms with Crippen LogP contribution in [0.25, 0.3) is 0 Å². The first-order valence-corrected chi connectivity index (χ1v) is 3.71. The van der Waals surface area contributed by atoms with Crippen molar-refractivity contribution in [1.29, 1.82) is 0 Å². The van der Waals surface area contributed by atoms with Gasteiger partial charge in [-0.15, -0.1) is 0 Å². The third-order valence-corrected chi connectivity index (χ3v) is 2.05. The maximum atomic E-state index is 10.1. The van der Waals surface area contributed by atoms with Crippen LogP contribution in [0.4, 0.5) is 0 Å². The van der Waals surface area contributed by atoms with Crippen LogP contribution in [-0.4, -0.2) is 57.7 Å². The number of ether oxygens (including phenoxy) is 1. The lowest BCUT2D eigenvalue weighted by Gasteiger charge is -2.39. The van der Waals surface area contributed by atoms with E-state index in [2.05, 4.69) is 9.91 Å². The van der Waals surface area contributed by atoms with Crippen LogP contribution >= 0.6 is 0 Å². The van der Waals surface area contributed by atoms with Crippen LogP contribution in [0.2, 0.25) is 0 Å². The van der Waals surface area contributed by atoms with Crippen molar-refractivity contribution in [2.24, 2.45) is 5.18 Å². The average Bonchev–Trinajstić information content (AvgIpc) is 2.15. The third kappa shape index (κ3) is 1.69. The molecule has 1 heterocycles. The monoisotopic (exact) mass is 193 g/mol. The van der Waals surface area contributed by atoms with Crippen molar-refractivity contribution in [2.75, 3.05) is 13.2 Å². The third-order valence-electron chi connectivity index (χ3n) is 2.05. The highest BCUT2D eigenvalue weighted by Crippen LogP contribution is 2.24. The molecule has 4 N–H and O–H groups in total. The van der Waals surface area contributed by atoms with Crippen molar-refractivity contribution in [2.45, 2.75) is 24.0 Å². The van der Waals surface area contributed by atoms with Crippen molar-refractivity contribution in [3.8, 4) is 0 Å². The summed E-state index contributed by atoms with van der Waals surface area (Å²) in [5, 5.41) is 38.9. The second-order valence-electron chi connectivity index (χ2n) is 2.92. The van der Waals surface area contributed by atoms with E-state index in [9.17, 15) is 20.2 Å². The SMILES string of the molecule is O=NC1COC(O)(CO)C(O)C1O. The van der Waals surface area contributed by atoms with E-state index >= 15 is 0 Å². The Balaban J connectivity index is 2.75. The number of aliphatic hydroxyl groups excluding tert-OH is 3. The van der Waals surface area contributed by atoms with Crippen LogP contribution in [0.5, 0.6) is 0 Å². The first-order chi connectivity index (χ1) is 6.05. The molecule has 4 atom stereocenters. The minimum Gasteiger partial charge on any atom is -0.391 e. The van der Waals surface area contributed by atoms with Gasteiger partial charge >= 0.3 is 0 Å². The number of rotatable bonds is 2. The summed E-state index contributed by atoms with van der Waals surface area (Å²) in [4.78, 5) is 10.1. The molecule has 4 unspecified atom stereocenters. The molecule has 1 saturated heterocycles. The quantitative estimate of drug-likeness (QED) is 0.361. The van der Waals surface area contributed by atoms with E-state index in [-0.39, 0.29) is 6.61 Å². The minimum absolute atomic E-state index is 0.335. The first kappa shape index (κ1) is 10.5. The second-order valence-corrected chi connectivity index (χ2v) is 2.92. The Morgan fingerprint density at radius 3 is 2.62 bits per heavy atom. The van der Waals surface area contributed by atoms with Gasteiger partial charge in [0.1, 0.15) is 18.2 Å². The highest BCUT2D eigenvalue weighted by Gasteiger charge is 2.49. The zero-order valence-electron chi connectivity index (χ0n) is 6.70. The Kier molecular flexibility index (Phi) is 2.94. The smallest absolute Gasteiger partial charge is 0.218 e. The van der Waals surface area contributed by atoms with E-state index in [0.29, 0.717) is 0 Å². The molecule has 0 spiro atoms. The van der Waals surface area contributed by atoms with Gasteiger partial charge < -0.3 is 25.2 Å². The van der Waals surface area contributed by atoms with Gasteiger partial charge in [-0.3, -0.25) is 0 Å². The van der Waals surface area contributed by atoms with E-state index in [1.807, 2.05) is 0 Å². The van der Waals surface area contributed by atoms with Gasteiger partial charge in [0.05, 0.1) is 13.2 Å². The fraction of sp³-hybridized carbons (Fsp3) is 1.00. The minimum atomic E-state index is -2.21. The Hall–Kier alpha value is -0.600. The highest BCUT2D eigenvalue weighted by atomic mass is 16.7. The summed E-state index contributed by atoms with van der Waals surface area (Å²) in [6.07, 6.45) is -3.27. The average molecular weight is 193 g/mol. The number of hydrogen-bond donors (Lipinski definition) is 4. The standard InChI is InChI=1S/C6H11NO6/c8-2-6(11)5(10)4(9)3(7-12)1-13-6/h3-5,8-11H,1-2H2. The van der Waals surface area contributed by atoms with Gasteiger partial charge in [-0.1, -0.05) is 5.18 Å². The molecule has 0 radical (unpaired) electrons. The zero-order chi connectivity index (χ0) is 10.1. The molecule has 1 rings (SSSR count). The van der Waals surface area contributed by atoms with Crippen LogP contribution in [0, 0.1) is 4.91 Å². The number of aliphatic hydroxyl groups is 4. The molecule has 0 aromatic rings.